The van der Waals surface area contributed by atoms with Gasteiger partial charge in [0.05, 0.1) is 16.6 Å². The van der Waals surface area contributed by atoms with E-state index in [9.17, 15) is 0 Å². The highest BCUT2D eigenvalue weighted by Crippen LogP contribution is 2.52. The first-order valence-electron chi connectivity index (χ1n) is 11.7. The highest BCUT2D eigenvalue weighted by Gasteiger charge is 2.38. The smallest absolute Gasteiger partial charge is 0.0963 e. The Labute approximate surface area is 198 Å². The van der Waals surface area contributed by atoms with Gasteiger partial charge in [0.15, 0.2) is 0 Å². The summed E-state index contributed by atoms with van der Waals surface area (Å²) < 4.78 is 2.40. The van der Waals surface area contributed by atoms with E-state index in [4.69, 9.17) is 4.98 Å². The Bertz CT molecular complexity index is 1710. The minimum atomic E-state index is -0.104. The molecule has 0 amide bonds. The van der Waals surface area contributed by atoms with Crippen LogP contribution in [0.4, 0.5) is 0 Å². The lowest BCUT2D eigenvalue weighted by Crippen LogP contribution is -2.16. The molecule has 3 heterocycles. The van der Waals surface area contributed by atoms with Crippen LogP contribution in [0.15, 0.2) is 104 Å². The summed E-state index contributed by atoms with van der Waals surface area (Å²) in [4.78, 5) is 9.09. The molecule has 3 aromatic carbocycles. The maximum absolute atomic E-state index is 4.81. The zero-order valence-corrected chi connectivity index (χ0v) is 19.2. The standard InChI is InChI=1S/C31H23N3/c1-31(2)26-9-4-3-8-23(26)24-15-16-25-29-27(10-6-18-33-29)34(30(25)28(24)31)22-13-11-20(12-14-22)21-7-5-17-32-19-21/h3-19H,1-2H3. The molecule has 3 nitrogen and oxygen atoms in total. The summed E-state index contributed by atoms with van der Waals surface area (Å²) in [5, 5.41) is 1.20. The number of pyridine rings is 2. The van der Waals surface area contributed by atoms with Gasteiger partial charge in [0.1, 0.15) is 0 Å². The number of hydrogen-bond donors (Lipinski definition) is 0. The van der Waals surface area contributed by atoms with Gasteiger partial charge in [-0.05, 0) is 69.8 Å². The van der Waals surface area contributed by atoms with Crippen LogP contribution in [0.25, 0.3) is 49.9 Å². The van der Waals surface area contributed by atoms with E-state index in [1.807, 2.05) is 30.7 Å². The van der Waals surface area contributed by atoms with E-state index in [0.717, 1.165) is 27.8 Å². The predicted molar refractivity (Wildman–Crippen MR) is 139 cm³/mol. The molecule has 3 aromatic heterocycles. The molecule has 0 radical (unpaired) electrons. The molecule has 0 fully saturated rings. The van der Waals surface area contributed by atoms with E-state index < -0.39 is 0 Å². The van der Waals surface area contributed by atoms with Crippen molar-refractivity contribution >= 4 is 21.9 Å². The van der Waals surface area contributed by atoms with Gasteiger partial charge in [0, 0.05) is 35.1 Å². The second-order valence-corrected chi connectivity index (χ2v) is 9.55. The summed E-state index contributed by atoms with van der Waals surface area (Å²) in [5.74, 6) is 0. The second-order valence-electron chi connectivity index (χ2n) is 9.55. The molecular weight excluding hydrogens is 414 g/mol. The summed E-state index contributed by atoms with van der Waals surface area (Å²) >= 11 is 0. The average molecular weight is 438 g/mol. The van der Waals surface area contributed by atoms with Crippen molar-refractivity contribution in [2.75, 3.05) is 0 Å². The summed E-state index contributed by atoms with van der Waals surface area (Å²) in [7, 11) is 0. The van der Waals surface area contributed by atoms with Crippen LogP contribution in [0.1, 0.15) is 25.0 Å². The van der Waals surface area contributed by atoms with Crippen LogP contribution in [0.5, 0.6) is 0 Å². The Morgan fingerprint density at radius 2 is 1.53 bits per heavy atom. The van der Waals surface area contributed by atoms with Crippen molar-refractivity contribution in [3.63, 3.8) is 0 Å². The van der Waals surface area contributed by atoms with E-state index >= 15 is 0 Å². The number of benzene rings is 3. The third kappa shape index (κ3) is 2.52. The molecule has 162 valence electrons. The number of fused-ring (bicyclic) bond motifs is 7. The van der Waals surface area contributed by atoms with Crippen molar-refractivity contribution in [3.8, 4) is 27.9 Å². The summed E-state index contributed by atoms with van der Waals surface area (Å²) in [6, 6.07) is 30.4. The van der Waals surface area contributed by atoms with Crippen LogP contribution in [0, 0.1) is 0 Å². The summed E-state index contributed by atoms with van der Waals surface area (Å²) in [6.07, 6.45) is 5.61. The zero-order chi connectivity index (χ0) is 22.9. The van der Waals surface area contributed by atoms with E-state index in [2.05, 4.69) is 96.2 Å². The molecule has 3 heteroatoms. The summed E-state index contributed by atoms with van der Waals surface area (Å²) in [6.45, 7) is 4.69. The van der Waals surface area contributed by atoms with Crippen LogP contribution in [0.2, 0.25) is 0 Å². The Kier molecular flexibility index (Phi) is 3.89. The lowest BCUT2D eigenvalue weighted by molar-refractivity contribution is 0.664. The Balaban J connectivity index is 1.55. The van der Waals surface area contributed by atoms with E-state index in [0.29, 0.717) is 0 Å². The third-order valence-corrected chi connectivity index (χ3v) is 7.32. The molecule has 0 N–H and O–H groups in total. The van der Waals surface area contributed by atoms with Crippen LogP contribution >= 0.6 is 0 Å². The molecule has 0 saturated carbocycles. The van der Waals surface area contributed by atoms with Gasteiger partial charge in [-0.1, -0.05) is 62.4 Å². The lowest BCUT2D eigenvalue weighted by Gasteiger charge is -2.23. The molecule has 7 rings (SSSR count). The first-order valence-corrected chi connectivity index (χ1v) is 11.7. The number of hydrogen-bond acceptors (Lipinski definition) is 2. The Morgan fingerprint density at radius 1 is 0.706 bits per heavy atom. The fourth-order valence-corrected chi connectivity index (χ4v) is 5.78. The van der Waals surface area contributed by atoms with Gasteiger partial charge in [0.2, 0.25) is 0 Å². The molecule has 1 aliphatic carbocycles. The molecule has 34 heavy (non-hydrogen) atoms. The largest absolute Gasteiger partial charge is 0.307 e. The van der Waals surface area contributed by atoms with Crippen molar-refractivity contribution in [1.29, 1.82) is 0 Å². The maximum Gasteiger partial charge on any atom is 0.0963 e. The number of aromatic nitrogens is 3. The predicted octanol–water partition coefficient (Wildman–Crippen LogP) is 7.55. The third-order valence-electron chi connectivity index (χ3n) is 7.32. The summed E-state index contributed by atoms with van der Waals surface area (Å²) in [5.41, 5.74) is 12.2. The van der Waals surface area contributed by atoms with Crippen molar-refractivity contribution < 1.29 is 0 Å². The van der Waals surface area contributed by atoms with Crippen LogP contribution < -0.4 is 0 Å². The lowest BCUT2D eigenvalue weighted by atomic mass is 9.81. The molecule has 0 aliphatic heterocycles. The Hall–Kier alpha value is -4.24. The van der Waals surface area contributed by atoms with Gasteiger partial charge in [-0.15, -0.1) is 0 Å². The number of nitrogens with zero attached hydrogens (tertiary/aromatic N) is 3. The normalized spacial score (nSPS) is 13.8. The molecule has 1 aliphatic rings. The first kappa shape index (κ1) is 19.2. The number of rotatable bonds is 2. The first-order chi connectivity index (χ1) is 16.6. The van der Waals surface area contributed by atoms with Gasteiger partial charge in [-0.25, -0.2) is 0 Å². The van der Waals surface area contributed by atoms with Crippen LogP contribution in [-0.2, 0) is 5.41 Å². The van der Waals surface area contributed by atoms with Crippen molar-refractivity contribution in [2.24, 2.45) is 0 Å². The van der Waals surface area contributed by atoms with Gasteiger partial charge in [0.25, 0.3) is 0 Å². The maximum atomic E-state index is 4.81. The second kappa shape index (κ2) is 6.88. The molecule has 6 aromatic rings. The molecular formula is C31H23N3. The average Bonchev–Trinajstić information content (AvgIpc) is 3.34. The topological polar surface area (TPSA) is 30.7 Å². The van der Waals surface area contributed by atoms with E-state index in [-0.39, 0.29) is 5.41 Å². The van der Waals surface area contributed by atoms with Crippen molar-refractivity contribution in [3.05, 3.63) is 115 Å². The van der Waals surface area contributed by atoms with Crippen LogP contribution in [-0.4, -0.2) is 14.5 Å². The van der Waals surface area contributed by atoms with Gasteiger partial charge in [-0.2, -0.15) is 0 Å². The highest BCUT2D eigenvalue weighted by atomic mass is 15.0. The highest BCUT2D eigenvalue weighted by molar-refractivity contribution is 6.11. The fraction of sp³-hybridized carbons (Fsp3) is 0.0968. The van der Waals surface area contributed by atoms with Gasteiger partial charge in [-0.3, -0.25) is 9.97 Å². The monoisotopic (exact) mass is 437 g/mol. The van der Waals surface area contributed by atoms with Crippen molar-refractivity contribution in [1.82, 2.24) is 14.5 Å². The van der Waals surface area contributed by atoms with Gasteiger partial charge < -0.3 is 4.57 Å². The van der Waals surface area contributed by atoms with E-state index in [1.165, 1.54) is 33.2 Å². The fourth-order valence-electron chi connectivity index (χ4n) is 5.78. The molecule has 0 unspecified atom stereocenters. The minimum Gasteiger partial charge on any atom is -0.307 e. The molecule has 0 bridgehead atoms. The van der Waals surface area contributed by atoms with Crippen molar-refractivity contribution in [2.45, 2.75) is 19.3 Å². The molecule has 0 saturated heterocycles. The minimum absolute atomic E-state index is 0.104. The quantitative estimate of drug-likeness (QED) is 0.280. The SMILES string of the molecule is CC1(C)c2ccccc2-c2ccc3c4ncccc4n(-c4ccc(-c5cccnc5)cc4)c3c21. The van der Waals surface area contributed by atoms with Crippen LogP contribution in [0.3, 0.4) is 0 Å². The molecule has 0 atom stereocenters. The van der Waals surface area contributed by atoms with Gasteiger partial charge >= 0.3 is 0 Å². The zero-order valence-electron chi connectivity index (χ0n) is 19.2. The van der Waals surface area contributed by atoms with E-state index in [1.54, 1.807) is 0 Å². The molecule has 0 spiro atoms. The Morgan fingerprint density at radius 3 is 2.35 bits per heavy atom.